The number of thiophene rings is 2. The highest BCUT2D eigenvalue weighted by Gasteiger charge is 2.25. The first-order valence-electron chi connectivity index (χ1n) is 21.2. The van der Waals surface area contributed by atoms with E-state index in [2.05, 4.69) is 222 Å². The van der Waals surface area contributed by atoms with Gasteiger partial charge in [0.1, 0.15) is 10.0 Å². The van der Waals surface area contributed by atoms with Crippen molar-refractivity contribution in [2.24, 2.45) is 0 Å². The molecular weight excluding hydrogens is 824 g/mol. The Kier molecular flexibility index (Phi) is 8.35. The molecule has 0 bridgehead atoms. The Morgan fingerprint density at radius 2 is 0.603 bits per heavy atom. The van der Waals surface area contributed by atoms with Crippen molar-refractivity contribution < 1.29 is 0 Å². The zero-order valence-electron chi connectivity index (χ0n) is 33.8. The predicted octanol–water partition coefficient (Wildman–Crippen LogP) is 18.6. The van der Waals surface area contributed by atoms with Gasteiger partial charge in [0, 0.05) is 20.8 Å². The molecule has 63 heavy (non-hydrogen) atoms. The third kappa shape index (κ3) is 5.76. The van der Waals surface area contributed by atoms with Gasteiger partial charge in [0.05, 0.1) is 16.4 Å². The van der Waals surface area contributed by atoms with Gasteiger partial charge in [0.2, 0.25) is 0 Å². The van der Waals surface area contributed by atoms with E-state index in [4.69, 9.17) is 11.6 Å². The molecule has 0 saturated heterocycles. The number of anilines is 6. The third-order valence-corrected chi connectivity index (χ3v) is 15.3. The highest BCUT2D eigenvalue weighted by molar-refractivity contribution is 7.23. The number of hydrogen-bond acceptors (Lipinski definition) is 4. The highest BCUT2D eigenvalue weighted by atomic mass is 35.5. The molecule has 0 amide bonds. The second-order valence-electron chi connectivity index (χ2n) is 16.2. The van der Waals surface area contributed by atoms with Crippen molar-refractivity contribution in [1.82, 2.24) is 0 Å². The van der Waals surface area contributed by atoms with E-state index in [0.717, 1.165) is 32.8 Å². The fourth-order valence-electron chi connectivity index (χ4n) is 9.85. The summed E-state index contributed by atoms with van der Waals surface area (Å²) in [5, 5.41) is 20.2. The fourth-order valence-corrected chi connectivity index (χ4v) is 12.3. The Morgan fingerprint density at radius 3 is 0.968 bits per heavy atom. The lowest BCUT2D eigenvalue weighted by molar-refractivity contribution is 1.29. The molecule has 2 heterocycles. The summed E-state index contributed by atoms with van der Waals surface area (Å²) < 4.78 is 2.45. The van der Waals surface area contributed by atoms with Gasteiger partial charge in [-0.1, -0.05) is 163 Å². The predicted molar refractivity (Wildman–Crippen MR) is 277 cm³/mol. The number of nitrogens with zero attached hydrogens (tertiary/aromatic N) is 2. The van der Waals surface area contributed by atoms with Gasteiger partial charge in [0.25, 0.3) is 0 Å². The summed E-state index contributed by atoms with van der Waals surface area (Å²) in [7, 11) is 0. The number of halogens is 1. The molecule has 2 nitrogen and oxygen atoms in total. The summed E-state index contributed by atoms with van der Waals surface area (Å²) in [4.78, 5) is 4.73. The lowest BCUT2D eigenvalue weighted by atomic mass is 9.94. The number of benzene rings is 11. The molecule has 0 N–H and O–H groups in total. The van der Waals surface area contributed by atoms with Gasteiger partial charge in [-0.25, -0.2) is 0 Å². The first kappa shape index (κ1) is 36.4. The van der Waals surface area contributed by atoms with Crippen molar-refractivity contribution >= 4 is 152 Å². The van der Waals surface area contributed by atoms with Crippen LogP contribution in [0.4, 0.5) is 32.8 Å². The lowest BCUT2D eigenvalue weighted by Crippen LogP contribution is -2.13. The summed E-state index contributed by atoms with van der Waals surface area (Å²) in [6, 6.07) is 77.3. The molecule has 0 radical (unpaired) electrons. The molecule has 13 rings (SSSR count). The van der Waals surface area contributed by atoms with Crippen molar-refractivity contribution in [1.29, 1.82) is 0 Å². The molecule has 0 saturated carbocycles. The van der Waals surface area contributed by atoms with E-state index in [1.54, 1.807) is 22.7 Å². The maximum atomic E-state index is 8.00. The average molecular weight is 860 g/mol. The molecule has 5 heteroatoms. The van der Waals surface area contributed by atoms with Crippen LogP contribution in [-0.4, -0.2) is 0 Å². The van der Waals surface area contributed by atoms with Gasteiger partial charge in [0.15, 0.2) is 0 Å². The van der Waals surface area contributed by atoms with Crippen LogP contribution >= 0.6 is 34.3 Å². The molecule has 0 spiro atoms. The number of fused-ring (bicyclic) bond motifs is 14. The van der Waals surface area contributed by atoms with Crippen LogP contribution in [0.15, 0.2) is 212 Å². The first-order valence-corrected chi connectivity index (χ1v) is 23.2. The van der Waals surface area contributed by atoms with Crippen LogP contribution in [0.3, 0.4) is 0 Å². The quantitative estimate of drug-likeness (QED) is 0.154. The van der Waals surface area contributed by atoms with Gasteiger partial charge < -0.3 is 9.80 Å². The van der Waals surface area contributed by atoms with Crippen LogP contribution < -0.4 is 9.80 Å². The molecule has 0 aliphatic rings. The van der Waals surface area contributed by atoms with Gasteiger partial charge in [-0.2, -0.15) is 0 Å². The van der Waals surface area contributed by atoms with Gasteiger partial charge >= 0.3 is 0 Å². The first-order chi connectivity index (χ1) is 31.2. The van der Waals surface area contributed by atoms with Gasteiger partial charge in [-0.05, 0) is 136 Å². The molecule has 0 aliphatic carbocycles. The van der Waals surface area contributed by atoms with Crippen LogP contribution in [0.2, 0.25) is 5.02 Å². The van der Waals surface area contributed by atoms with Crippen LogP contribution in [0.25, 0.3) is 84.8 Å². The van der Waals surface area contributed by atoms with E-state index >= 15 is 0 Å². The maximum Gasteiger partial charge on any atom is 0.101 e. The minimum Gasteiger partial charge on any atom is -0.300 e. The van der Waals surface area contributed by atoms with Gasteiger partial charge in [-0.3, -0.25) is 0 Å². The standard InChI is InChI=1S/C58H35ClN2S2/c59-58-52(60(56-32-36-14-1-11-26-54(36)62-56)38-28-30-48-44-20-5-3-16-40(44)42-18-7-9-22-46(42)50(48)34-38)24-13-25-53(58)61(57-33-37-15-2-12-27-55(37)63-57)39-29-31-49-45-21-6-4-17-41(45)43-19-8-10-23-47(43)51(49)35-39/h1-35H. The maximum absolute atomic E-state index is 8.00. The molecule has 13 aromatic rings. The van der Waals surface area contributed by atoms with Crippen LogP contribution in [0, 0.1) is 0 Å². The normalized spacial score (nSPS) is 11.9. The minimum atomic E-state index is 0.666. The van der Waals surface area contributed by atoms with E-state index < -0.39 is 0 Å². The largest absolute Gasteiger partial charge is 0.300 e. The summed E-state index contributed by atoms with van der Waals surface area (Å²) in [6.45, 7) is 0. The van der Waals surface area contributed by atoms with Crippen LogP contribution in [-0.2, 0) is 0 Å². The molecule has 0 fully saturated rings. The summed E-state index contributed by atoms with van der Waals surface area (Å²) in [5.41, 5.74) is 3.92. The second-order valence-corrected chi connectivity index (χ2v) is 18.7. The Labute approximate surface area is 376 Å². The summed E-state index contributed by atoms with van der Waals surface area (Å²) in [6.07, 6.45) is 0. The molecule has 0 unspecified atom stereocenters. The van der Waals surface area contributed by atoms with Crippen molar-refractivity contribution in [2.75, 3.05) is 9.80 Å². The average Bonchev–Trinajstić information content (AvgIpc) is 3.97. The SMILES string of the molecule is Clc1c(N(c2ccc3c4ccccc4c4ccccc4c3c2)c2cc3ccccc3s2)cccc1N(c1ccc2c3ccccc3c3ccccc3c2c1)c1cc2ccccc2s1. The lowest BCUT2D eigenvalue weighted by Gasteiger charge is -2.30. The van der Waals surface area contributed by atoms with Crippen molar-refractivity contribution in [3.63, 3.8) is 0 Å². The topological polar surface area (TPSA) is 6.48 Å². The summed E-state index contributed by atoms with van der Waals surface area (Å²) in [5.74, 6) is 0. The molecule has 2 aromatic heterocycles. The monoisotopic (exact) mass is 858 g/mol. The minimum absolute atomic E-state index is 0.666. The van der Waals surface area contributed by atoms with E-state index in [9.17, 15) is 0 Å². The van der Waals surface area contributed by atoms with Crippen molar-refractivity contribution in [3.8, 4) is 0 Å². The Hall–Kier alpha value is -7.21. The smallest absolute Gasteiger partial charge is 0.101 e. The van der Waals surface area contributed by atoms with E-state index in [0.29, 0.717) is 5.02 Å². The molecule has 0 atom stereocenters. The zero-order chi connectivity index (χ0) is 41.6. The Morgan fingerprint density at radius 1 is 0.286 bits per heavy atom. The number of rotatable bonds is 6. The van der Waals surface area contributed by atoms with E-state index in [1.807, 2.05) is 0 Å². The molecule has 11 aromatic carbocycles. The van der Waals surface area contributed by atoms with Crippen molar-refractivity contribution in [2.45, 2.75) is 0 Å². The Bertz CT molecular complexity index is 3590. The van der Waals surface area contributed by atoms with E-state index in [1.165, 1.54) is 84.8 Å². The highest BCUT2D eigenvalue weighted by Crippen LogP contribution is 2.52. The second kappa shape index (κ2) is 14.4. The molecule has 0 aliphatic heterocycles. The Balaban J connectivity index is 1.06. The summed E-state index contributed by atoms with van der Waals surface area (Å²) >= 11 is 11.6. The van der Waals surface area contributed by atoms with Crippen LogP contribution in [0.5, 0.6) is 0 Å². The molecular formula is C58H35ClN2S2. The van der Waals surface area contributed by atoms with E-state index in [-0.39, 0.29) is 0 Å². The van der Waals surface area contributed by atoms with Crippen molar-refractivity contribution in [3.05, 3.63) is 217 Å². The number of hydrogen-bond donors (Lipinski definition) is 0. The van der Waals surface area contributed by atoms with Crippen LogP contribution in [0.1, 0.15) is 0 Å². The fraction of sp³-hybridized carbons (Fsp3) is 0. The zero-order valence-corrected chi connectivity index (χ0v) is 36.2. The van der Waals surface area contributed by atoms with Gasteiger partial charge in [-0.15, -0.1) is 22.7 Å². The molecule has 296 valence electrons. The third-order valence-electron chi connectivity index (χ3n) is 12.7.